The lowest BCUT2D eigenvalue weighted by atomic mass is 9.76. The van der Waals surface area contributed by atoms with Gasteiger partial charge in [0, 0.05) is 23.0 Å². The van der Waals surface area contributed by atoms with Crippen LogP contribution in [0.2, 0.25) is 0 Å². The van der Waals surface area contributed by atoms with Crippen LogP contribution >= 0.6 is 0 Å². The Morgan fingerprint density at radius 2 is 1.89 bits per heavy atom. The van der Waals surface area contributed by atoms with Crippen molar-refractivity contribution in [1.82, 2.24) is 4.98 Å². The van der Waals surface area contributed by atoms with Crippen LogP contribution in [0.1, 0.15) is 63.5 Å². The van der Waals surface area contributed by atoms with Gasteiger partial charge in [-0.3, -0.25) is 9.78 Å². The van der Waals surface area contributed by atoms with Crippen LogP contribution in [0.5, 0.6) is 5.75 Å². The number of alkyl halides is 3. The van der Waals surface area contributed by atoms with Crippen molar-refractivity contribution in [3.63, 3.8) is 0 Å². The van der Waals surface area contributed by atoms with Gasteiger partial charge in [-0.1, -0.05) is 13.0 Å². The molecule has 2 aliphatic rings. The monoisotopic (exact) mass is 540 g/mol. The second-order valence-electron chi connectivity index (χ2n) is 10.3. The molecule has 2 saturated heterocycles. The van der Waals surface area contributed by atoms with Crippen LogP contribution in [0.15, 0.2) is 30.5 Å². The molecule has 2 aliphatic heterocycles. The van der Waals surface area contributed by atoms with E-state index < -0.39 is 47.2 Å². The molecule has 1 aromatic heterocycles. The van der Waals surface area contributed by atoms with Gasteiger partial charge in [-0.25, -0.2) is 4.39 Å². The largest absolute Gasteiger partial charge is 0.493 e. The predicted molar refractivity (Wildman–Crippen MR) is 130 cm³/mol. The lowest BCUT2D eigenvalue weighted by Crippen LogP contribution is -2.47. The van der Waals surface area contributed by atoms with Crippen molar-refractivity contribution in [3.05, 3.63) is 53.1 Å². The van der Waals surface area contributed by atoms with E-state index in [1.165, 1.54) is 26.1 Å². The van der Waals surface area contributed by atoms with E-state index in [1.807, 2.05) is 0 Å². The summed E-state index contributed by atoms with van der Waals surface area (Å²) in [5, 5.41) is 2.62. The number of hydrogen-bond acceptors (Lipinski definition) is 6. The smallest absolute Gasteiger partial charge is 0.417 e. The molecular weight excluding hydrogens is 508 g/mol. The van der Waals surface area contributed by atoms with Crippen molar-refractivity contribution in [2.24, 2.45) is 5.92 Å². The molecule has 5 atom stereocenters. The van der Waals surface area contributed by atoms with Crippen LogP contribution in [0.25, 0.3) is 0 Å². The number of carbonyl (C=O) groups excluding carboxylic acids is 1. The van der Waals surface area contributed by atoms with Gasteiger partial charge in [0.15, 0.2) is 11.4 Å². The highest BCUT2D eigenvalue weighted by Crippen LogP contribution is 2.55. The number of rotatable bonds is 6. The third kappa shape index (κ3) is 5.11. The molecule has 3 heterocycles. The van der Waals surface area contributed by atoms with Gasteiger partial charge >= 0.3 is 6.18 Å². The topological polar surface area (TPSA) is 78.9 Å². The summed E-state index contributed by atoms with van der Waals surface area (Å²) >= 11 is 0. The first-order valence-corrected chi connectivity index (χ1v) is 12.4. The molecular formula is C27H32F4N2O5. The van der Waals surface area contributed by atoms with Gasteiger partial charge in [-0.15, -0.1) is 0 Å². The van der Waals surface area contributed by atoms with Crippen molar-refractivity contribution in [1.29, 1.82) is 0 Å². The highest BCUT2D eigenvalue weighted by atomic mass is 19.4. The van der Waals surface area contributed by atoms with Crippen molar-refractivity contribution in [3.8, 4) is 5.75 Å². The maximum absolute atomic E-state index is 14.3. The van der Waals surface area contributed by atoms with Gasteiger partial charge in [-0.2, -0.15) is 13.2 Å². The molecule has 0 radical (unpaired) electrons. The van der Waals surface area contributed by atoms with Gasteiger partial charge in [0.05, 0.1) is 30.8 Å². The highest BCUT2D eigenvalue weighted by molar-refractivity contribution is 5.95. The Morgan fingerprint density at radius 3 is 2.45 bits per heavy atom. The number of aromatic nitrogens is 1. The summed E-state index contributed by atoms with van der Waals surface area (Å²) in [4.78, 5) is 17.7. The minimum atomic E-state index is -4.76. The van der Waals surface area contributed by atoms with Crippen LogP contribution < -0.4 is 10.1 Å². The molecule has 4 rings (SSSR count). The number of pyridine rings is 1. The number of carbonyl (C=O) groups is 1. The Balaban J connectivity index is 1.65. The lowest BCUT2D eigenvalue weighted by molar-refractivity contribution is -0.272. The van der Waals surface area contributed by atoms with Crippen molar-refractivity contribution in [2.45, 2.75) is 77.2 Å². The molecule has 208 valence electrons. The summed E-state index contributed by atoms with van der Waals surface area (Å²) in [7, 11) is 0. The summed E-state index contributed by atoms with van der Waals surface area (Å²) in [6, 6.07) is 5.76. The molecule has 11 heteroatoms. The number of ether oxygens (including phenoxy) is 4. The average molecular weight is 541 g/mol. The maximum atomic E-state index is 14.3. The number of nitrogens with zero attached hydrogens (tertiary/aromatic N) is 1. The maximum Gasteiger partial charge on any atom is 0.417 e. The average Bonchev–Trinajstić information content (AvgIpc) is 3.34. The van der Waals surface area contributed by atoms with Crippen LogP contribution in [-0.2, 0) is 19.0 Å². The molecule has 2 fully saturated rings. The van der Waals surface area contributed by atoms with E-state index in [4.69, 9.17) is 18.9 Å². The SMILES string of the molecule is CCOc1c([C@H]2[C@@H](C)[C@@](C)(C(F)(F)F)O[C@H]2C(=O)Nc2ccc([C@@H]3COC(C)(C)O3)nc2)ccc(F)c1C. The van der Waals surface area contributed by atoms with E-state index >= 15 is 0 Å². The number of amides is 1. The number of hydrogen-bond donors (Lipinski definition) is 1. The summed E-state index contributed by atoms with van der Waals surface area (Å²) in [5.74, 6) is -4.23. The molecule has 1 aromatic carbocycles. The quantitative estimate of drug-likeness (QED) is 0.465. The van der Waals surface area contributed by atoms with Crippen molar-refractivity contribution < 1.29 is 41.3 Å². The third-order valence-corrected chi connectivity index (χ3v) is 7.34. The lowest BCUT2D eigenvalue weighted by Gasteiger charge is -2.32. The van der Waals surface area contributed by atoms with E-state index in [-0.39, 0.29) is 35.3 Å². The van der Waals surface area contributed by atoms with Crippen molar-refractivity contribution >= 4 is 11.6 Å². The second-order valence-corrected chi connectivity index (χ2v) is 10.3. The predicted octanol–water partition coefficient (Wildman–Crippen LogP) is 5.83. The van der Waals surface area contributed by atoms with E-state index in [0.29, 0.717) is 12.3 Å². The molecule has 7 nitrogen and oxygen atoms in total. The minimum Gasteiger partial charge on any atom is -0.493 e. The van der Waals surface area contributed by atoms with Gasteiger partial charge in [0.25, 0.3) is 5.91 Å². The first kappa shape index (κ1) is 28.3. The molecule has 0 spiro atoms. The van der Waals surface area contributed by atoms with E-state index in [1.54, 1.807) is 32.9 Å². The molecule has 0 unspecified atom stereocenters. The molecule has 38 heavy (non-hydrogen) atoms. The van der Waals surface area contributed by atoms with Crippen LogP contribution in [0.4, 0.5) is 23.2 Å². The number of halogens is 4. The zero-order chi connectivity index (χ0) is 28.0. The third-order valence-electron chi connectivity index (χ3n) is 7.34. The second kappa shape index (κ2) is 10.1. The van der Waals surface area contributed by atoms with Gasteiger partial charge in [-0.05, 0) is 52.8 Å². The first-order valence-electron chi connectivity index (χ1n) is 12.4. The molecule has 1 amide bonds. The molecule has 1 N–H and O–H groups in total. The fourth-order valence-electron chi connectivity index (χ4n) is 5.03. The van der Waals surface area contributed by atoms with Crippen LogP contribution in [-0.4, -0.2) is 47.8 Å². The standard InChI is InChI=1S/C27H32F4N2O5/c1-7-35-22-14(2)18(28)10-9-17(22)21-15(3)26(6,27(29,30)31)38-23(21)24(34)33-16-8-11-19(32-12-16)20-13-36-25(4,5)37-20/h8-12,15,20-21,23H,7,13H2,1-6H3,(H,33,34)/t15-,20+,21-,23-,26+/m1/s1. The Kier molecular flexibility index (Phi) is 7.50. The molecule has 0 aliphatic carbocycles. The summed E-state index contributed by atoms with van der Waals surface area (Å²) in [6.07, 6.45) is -5.29. The Morgan fingerprint density at radius 1 is 1.18 bits per heavy atom. The van der Waals surface area contributed by atoms with E-state index in [2.05, 4.69) is 10.3 Å². The number of nitrogens with one attached hydrogen (secondary N) is 1. The summed E-state index contributed by atoms with van der Waals surface area (Å²) in [5.41, 5.74) is -1.34. The highest BCUT2D eigenvalue weighted by Gasteiger charge is 2.65. The van der Waals surface area contributed by atoms with Gasteiger partial charge < -0.3 is 24.3 Å². The van der Waals surface area contributed by atoms with Crippen LogP contribution in [0.3, 0.4) is 0 Å². The molecule has 0 bridgehead atoms. The first-order chi connectivity index (χ1) is 17.7. The Bertz CT molecular complexity index is 1190. The fraction of sp³-hybridized carbons (Fsp3) is 0.556. The number of benzene rings is 1. The van der Waals surface area contributed by atoms with Gasteiger partial charge in [0.1, 0.15) is 23.8 Å². The zero-order valence-corrected chi connectivity index (χ0v) is 22.1. The normalized spacial score (nSPS) is 28.9. The minimum absolute atomic E-state index is 0.116. The van der Waals surface area contributed by atoms with Crippen LogP contribution in [0, 0.1) is 18.7 Å². The van der Waals surface area contributed by atoms with Gasteiger partial charge in [0.2, 0.25) is 0 Å². The van der Waals surface area contributed by atoms with E-state index in [9.17, 15) is 22.4 Å². The van der Waals surface area contributed by atoms with E-state index in [0.717, 1.165) is 13.0 Å². The Labute approximate surface area is 218 Å². The summed E-state index contributed by atoms with van der Waals surface area (Å²) in [6.45, 7) is 9.53. The summed E-state index contributed by atoms with van der Waals surface area (Å²) < 4.78 is 79.5. The Hall–Kier alpha value is -2.76. The number of anilines is 1. The molecule has 0 saturated carbocycles. The zero-order valence-electron chi connectivity index (χ0n) is 22.1. The van der Waals surface area contributed by atoms with Crippen molar-refractivity contribution in [2.75, 3.05) is 18.5 Å². The fourth-order valence-corrected chi connectivity index (χ4v) is 5.03. The molecule has 2 aromatic rings.